The summed E-state index contributed by atoms with van der Waals surface area (Å²) in [6, 6.07) is 5.45. The second kappa shape index (κ2) is 8.97. The molecule has 180 valence electrons. The molecular weight excluding hydrogens is 454 g/mol. The van der Waals surface area contributed by atoms with Crippen LogP contribution in [0.3, 0.4) is 0 Å². The van der Waals surface area contributed by atoms with Crippen molar-refractivity contribution < 1.29 is 14.7 Å². The predicted octanol–water partition coefficient (Wildman–Crippen LogP) is 1.77. The Labute approximate surface area is 201 Å². The topological polar surface area (TPSA) is 138 Å². The maximum absolute atomic E-state index is 12.5. The average molecular weight is 484 g/mol. The number of amides is 2. The fourth-order valence-corrected chi connectivity index (χ4v) is 5.78. The van der Waals surface area contributed by atoms with E-state index in [1.807, 2.05) is 24.4 Å². The van der Waals surface area contributed by atoms with Crippen molar-refractivity contribution in [3.05, 3.63) is 40.3 Å². The number of likely N-dealkylation sites (tertiary alicyclic amines) is 1. The lowest BCUT2D eigenvalue weighted by Crippen LogP contribution is -2.63. The second-order valence-corrected chi connectivity index (χ2v) is 10.2. The second-order valence-electron chi connectivity index (χ2n) is 9.29. The average Bonchev–Trinajstić information content (AvgIpc) is 3.44. The molecule has 0 unspecified atom stereocenters. The molecule has 1 saturated carbocycles. The monoisotopic (exact) mass is 483 g/mol. The third-order valence-electron chi connectivity index (χ3n) is 6.86. The fraction of sp³-hybridized carbons (Fsp3) is 0.478. The Bertz CT molecular complexity index is 1190. The van der Waals surface area contributed by atoms with Gasteiger partial charge in [-0.25, -0.2) is 9.78 Å². The van der Waals surface area contributed by atoms with Crippen LogP contribution in [0.2, 0.25) is 0 Å². The number of fused-ring (bicyclic) bond motifs is 1. The standard InChI is InChI=1S/C23H29N7O3S/c1-14-2-3-18-17(10-14)20(28-30(18)22(24)32)26-11-19(31)27-15-12-29(13-15)16-4-6-23(33,7-5-16)21-25-8-9-34-21/h2-3,8-10,15-16,33H,4-7,11-13H2,1H3,(H2,24,32)(H,26,28)(H,27,31). The van der Waals surface area contributed by atoms with Crippen LogP contribution in [0.1, 0.15) is 36.3 Å². The molecule has 2 aliphatic rings. The summed E-state index contributed by atoms with van der Waals surface area (Å²) in [5.74, 6) is 0.332. The van der Waals surface area contributed by atoms with Gasteiger partial charge < -0.3 is 21.5 Å². The van der Waals surface area contributed by atoms with Crippen LogP contribution in [0, 0.1) is 6.92 Å². The molecule has 34 heavy (non-hydrogen) atoms. The highest BCUT2D eigenvalue weighted by atomic mass is 32.1. The van der Waals surface area contributed by atoms with E-state index in [0.717, 1.165) is 46.6 Å². The fourth-order valence-electron chi connectivity index (χ4n) is 4.99. The number of benzene rings is 1. The van der Waals surface area contributed by atoms with Gasteiger partial charge in [-0.15, -0.1) is 16.4 Å². The molecule has 0 atom stereocenters. The molecular formula is C23H29N7O3S. The number of aryl methyl sites for hydroxylation is 1. The van der Waals surface area contributed by atoms with Crippen molar-refractivity contribution in [3.63, 3.8) is 0 Å². The number of anilines is 1. The van der Waals surface area contributed by atoms with Gasteiger partial charge in [-0.2, -0.15) is 4.68 Å². The highest BCUT2D eigenvalue weighted by Crippen LogP contribution is 2.40. The first-order chi connectivity index (χ1) is 16.3. The van der Waals surface area contributed by atoms with E-state index in [1.54, 1.807) is 12.3 Å². The van der Waals surface area contributed by atoms with E-state index >= 15 is 0 Å². The summed E-state index contributed by atoms with van der Waals surface area (Å²) in [5.41, 5.74) is 6.25. The maximum atomic E-state index is 12.5. The van der Waals surface area contributed by atoms with Crippen LogP contribution in [0.15, 0.2) is 29.8 Å². The van der Waals surface area contributed by atoms with Crippen LogP contribution in [0.5, 0.6) is 0 Å². The van der Waals surface area contributed by atoms with Crippen LogP contribution < -0.4 is 16.4 Å². The van der Waals surface area contributed by atoms with Gasteiger partial charge in [0.05, 0.1) is 18.1 Å². The summed E-state index contributed by atoms with van der Waals surface area (Å²) < 4.78 is 1.14. The minimum Gasteiger partial charge on any atom is -0.383 e. The molecule has 0 bridgehead atoms. The largest absolute Gasteiger partial charge is 0.383 e. The summed E-state index contributed by atoms with van der Waals surface area (Å²) in [6.45, 7) is 3.63. The SMILES string of the molecule is Cc1ccc2c(c1)c(NCC(=O)NC1CN(C3CCC(O)(c4nccs4)CC3)C1)nn2C(N)=O. The number of hydrogen-bond donors (Lipinski definition) is 4. The van der Waals surface area contributed by atoms with Crippen molar-refractivity contribution in [1.82, 2.24) is 25.0 Å². The first-order valence-electron chi connectivity index (χ1n) is 11.5. The van der Waals surface area contributed by atoms with E-state index in [9.17, 15) is 14.7 Å². The van der Waals surface area contributed by atoms with Crippen LogP contribution in [0.4, 0.5) is 10.6 Å². The Kier molecular flexibility index (Phi) is 6.00. The number of nitrogens with zero attached hydrogens (tertiary/aromatic N) is 4. The molecule has 11 heteroatoms. The number of aliphatic hydroxyl groups is 1. The Morgan fingerprint density at radius 1 is 1.29 bits per heavy atom. The number of nitrogens with one attached hydrogen (secondary N) is 2. The molecule has 3 aromatic rings. The van der Waals surface area contributed by atoms with Gasteiger partial charge >= 0.3 is 6.03 Å². The Morgan fingerprint density at radius 3 is 2.74 bits per heavy atom. The zero-order valence-electron chi connectivity index (χ0n) is 19.0. The van der Waals surface area contributed by atoms with Crippen molar-refractivity contribution >= 4 is 40.0 Å². The van der Waals surface area contributed by atoms with Crippen molar-refractivity contribution in [2.45, 2.75) is 50.3 Å². The smallest absolute Gasteiger partial charge is 0.340 e. The Balaban J connectivity index is 1.10. The lowest BCUT2D eigenvalue weighted by molar-refractivity contribution is -0.121. The lowest BCUT2D eigenvalue weighted by Gasteiger charge is -2.47. The molecule has 5 rings (SSSR count). The van der Waals surface area contributed by atoms with Crippen LogP contribution >= 0.6 is 11.3 Å². The van der Waals surface area contributed by atoms with Crippen LogP contribution in [0.25, 0.3) is 10.9 Å². The van der Waals surface area contributed by atoms with Gasteiger partial charge in [0.1, 0.15) is 10.6 Å². The zero-order chi connectivity index (χ0) is 23.9. The van der Waals surface area contributed by atoms with Gasteiger partial charge in [0.25, 0.3) is 0 Å². The summed E-state index contributed by atoms with van der Waals surface area (Å²) in [6.07, 6.45) is 5.02. The molecule has 1 aliphatic heterocycles. The minimum atomic E-state index is -0.793. The van der Waals surface area contributed by atoms with E-state index in [2.05, 4.69) is 25.6 Å². The molecule has 0 spiro atoms. The Morgan fingerprint density at radius 2 is 2.06 bits per heavy atom. The number of nitrogens with two attached hydrogens (primary N) is 1. The number of carbonyl (C=O) groups is 2. The molecule has 2 fully saturated rings. The number of carbonyl (C=O) groups excluding carboxylic acids is 2. The maximum Gasteiger partial charge on any atom is 0.340 e. The van der Waals surface area contributed by atoms with Gasteiger partial charge in [-0.05, 0) is 44.7 Å². The lowest BCUT2D eigenvalue weighted by atomic mass is 9.81. The first kappa shape index (κ1) is 22.8. The summed E-state index contributed by atoms with van der Waals surface area (Å²) in [7, 11) is 0. The number of hydrogen-bond acceptors (Lipinski definition) is 8. The van der Waals surface area contributed by atoms with E-state index in [1.165, 1.54) is 11.3 Å². The van der Waals surface area contributed by atoms with Gasteiger partial charge in [0, 0.05) is 36.1 Å². The van der Waals surface area contributed by atoms with E-state index in [0.29, 0.717) is 30.2 Å². The first-order valence-corrected chi connectivity index (χ1v) is 12.4. The van der Waals surface area contributed by atoms with Crippen molar-refractivity contribution in [1.29, 1.82) is 0 Å². The van der Waals surface area contributed by atoms with E-state index in [4.69, 9.17) is 5.73 Å². The highest BCUT2D eigenvalue weighted by Gasteiger charge is 2.41. The molecule has 5 N–H and O–H groups in total. The van der Waals surface area contributed by atoms with Crippen LogP contribution in [-0.4, -0.2) is 68.4 Å². The normalized spacial score (nSPS) is 23.5. The van der Waals surface area contributed by atoms with Crippen molar-refractivity contribution in [2.24, 2.45) is 5.73 Å². The van der Waals surface area contributed by atoms with Gasteiger partial charge in [-0.3, -0.25) is 9.69 Å². The number of primary amides is 1. The number of rotatable bonds is 6. The molecule has 2 aromatic heterocycles. The zero-order valence-corrected chi connectivity index (χ0v) is 19.8. The summed E-state index contributed by atoms with van der Waals surface area (Å²) >= 11 is 1.51. The quantitative estimate of drug-likeness (QED) is 0.419. The molecule has 0 radical (unpaired) electrons. The molecule has 10 nitrogen and oxygen atoms in total. The molecule has 2 amide bonds. The predicted molar refractivity (Wildman–Crippen MR) is 130 cm³/mol. The van der Waals surface area contributed by atoms with E-state index < -0.39 is 11.6 Å². The molecule has 3 heterocycles. The highest BCUT2D eigenvalue weighted by molar-refractivity contribution is 7.09. The minimum absolute atomic E-state index is 0.0552. The number of aromatic nitrogens is 3. The van der Waals surface area contributed by atoms with Crippen molar-refractivity contribution in [2.75, 3.05) is 25.0 Å². The Hall–Kier alpha value is -3.02. The van der Waals surface area contributed by atoms with Gasteiger partial charge in [0.15, 0.2) is 5.82 Å². The van der Waals surface area contributed by atoms with E-state index in [-0.39, 0.29) is 18.5 Å². The van der Waals surface area contributed by atoms with Gasteiger partial charge in [0.2, 0.25) is 5.91 Å². The molecule has 1 aromatic carbocycles. The third-order valence-corrected chi connectivity index (χ3v) is 7.83. The van der Waals surface area contributed by atoms with Crippen molar-refractivity contribution in [3.8, 4) is 0 Å². The summed E-state index contributed by atoms with van der Waals surface area (Å²) in [4.78, 5) is 30.9. The number of thiazole rings is 1. The van der Waals surface area contributed by atoms with Crippen LogP contribution in [-0.2, 0) is 10.4 Å². The molecule has 1 saturated heterocycles. The summed E-state index contributed by atoms with van der Waals surface area (Å²) in [5, 5.41) is 24.7. The third kappa shape index (κ3) is 4.38. The van der Waals surface area contributed by atoms with Gasteiger partial charge in [-0.1, -0.05) is 11.6 Å². The molecule has 1 aliphatic carbocycles.